The summed E-state index contributed by atoms with van der Waals surface area (Å²) in [6.07, 6.45) is 14.6. The molecule has 2 nitrogen and oxygen atoms in total. The molecule has 1 saturated carbocycles. The molecule has 2 fully saturated rings. The summed E-state index contributed by atoms with van der Waals surface area (Å²) in [5.74, 6) is 1.86. The lowest BCUT2D eigenvalue weighted by Crippen LogP contribution is -2.53. The fourth-order valence-electron chi connectivity index (χ4n) is 4.50. The first-order valence-electron chi connectivity index (χ1n) is 8.94. The average molecular weight is 276 g/mol. The second-order valence-electron chi connectivity index (χ2n) is 7.32. The molecule has 3 aliphatic rings. The van der Waals surface area contributed by atoms with Gasteiger partial charge in [-0.3, -0.25) is 4.90 Å². The second kappa shape index (κ2) is 7.09. The maximum Gasteiger partial charge on any atom is 0.0122 e. The zero-order valence-electron chi connectivity index (χ0n) is 13.3. The van der Waals surface area contributed by atoms with Crippen molar-refractivity contribution < 1.29 is 0 Å². The van der Waals surface area contributed by atoms with E-state index in [0.717, 1.165) is 17.9 Å². The van der Waals surface area contributed by atoms with E-state index < -0.39 is 0 Å². The van der Waals surface area contributed by atoms with Gasteiger partial charge in [0.1, 0.15) is 0 Å². The Labute approximate surface area is 125 Å². The summed E-state index contributed by atoms with van der Waals surface area (Å²) in [6.45, 7) is 9.07. The average Bonchev–Trinajstić information content (AvgIpc) is 2.50. The number of nitrogens with zero attached hydrogens (tertiary/aromatic N) is 2. The molecule has 0 unspecified atom stereocenters. The Morgan fingerprint density at radius 1 is 0.950 bits per heavy atom. The minimum Gasteiger partial charge on any atom is -0.301 e. The van der Waals surface area contributed by atoms with Crippen molar-refractivity contribution in [3.63, 3.8) is 0 Å². The van der Waals surface area contributed by atoms with Crippen molar-refractivity contribution in [3.8, 4) is 0 Å². The lowest BCUT2D eigenvalue weighted by atomic mass is 9.84. The summed E-state index contributed by atoms with van der Waals surface area (Å²) in [6, 6.07) is 0.892. The molecule has 2 aliphatic carbocycles. The Balaban J connectivity index is 1.43. The van der Waals surface area contributed by atoms with Crippen molar-refractivity contribution in [3.05, 3.63) is 12.2 Å². The molecular weight excluding hydrogens is 244 g/mol. The molecule has 3 rings (SSSR count). The first-order chi connectivity index (χ1) is 9.83. The van der Waals surface area contributed by atoms with Gasteiger partial charge in [0.2, 0.25) is 0 Å². The highest BCUT2D eigenvalue weighted by molar-refractivity contribution is 4.92. The highest BCUT2D eigenvalue weighted by atomic mass is 15.3. The van der Waals surface area contributed by atoms with Gasteiger partial charge in [-0.2, -0.15) is 0 Å². The van der Waals surface area contributed by atoms with Crippen LogP contribution in [0.2, 0.25) is 0 Å². The summed E-state index contributed by atoms with van der Waals surface area (Å²) >= 11 is 0. The third kappa shape index (κ3) is 3.65. The van der Waals surface area contributed by atoms with Crippen molar-refractivity contribution in [1.29, 1.82) is 0 Å². The van der Waals surface area contributed by atoms with E-state index in [9.17, 15) is 0 Å². The molecule has 1 aliphatic heterocycles. The van der Waals surface area contributed by atoms with Gasteiger partial charge in [0, 0.05) is 38.8 Å². The highest BCUT2D eigenvalue weighted by Gasteiger charge is 2.29. The van der Waals surface area contributed by atoms with Crippen LogP contribution in [-0.2, 0) is 0 Å². The number of hydrogen-bond acceptors (Lipinski definition) is 2. The van der Waals surface area contributed by atoms with Crippen LogP contribution in [0.1, 0.15) is 51.9 Å². The number of allylic oxidation sites excluding steroid dienone is 2. The SMILES string of the molecule is C[C@@H]1CCCC[C@@H]1N1CCN(C[C@@H]2CC=CCC2)CC1. The van der Waals surface area contributed by atoms with E-state index in [0.29, 0.717) is 0 Å². The van der Waals surface area contributed by atoms with E-state index in [4.69, 9.17) is 0 Å². The Bertz CT molecular complexity index is 317. The molecule has 20 heavy (non-hydrogen) atoms. The zero-order valence-corrected chi connectivity index (χ0v) is 13.3. The van der Waals surface area contributed by atoms with Crippen LogP contribution in [-0.4, -0.2) is 48.6 Å². The molecule has 1 heterocycles. The molecule has 0 aromatic heterocycles. The third-order valence-electron chi connectivity index (χ3n) is 5.84. The molecule has 0 aromatic carbocycles. The van der Waals surface area contributed by atoms with E-state index in [1.807, 2.05) is 0 Å². The lowest BCUT2D eigenvalue weighted by molar-refractivity contribution is 0.0481. The predicted octanol–water partition coefficient (Wildman–Crippen LogP) is 3.54. The number of rotatable bonds is 3. The summed E-state index contributed by atoms with van der Waals surface area (Å²) in [4.78, 5) is 5.54. The summed E-state index contributed by atoms with van der Waals surface area (Å²) in [5, 5.41) is 0. The topological polar surface area (TPSA) is 6.48 Å². The van der Waals surface area contributed by atoms with Crippen molar-refractivity contribution in [2.75, 3.05) is 32.7 Å². The first-order valence-corrected chi connectivity index (χ1v) is 8.94. The molecule has 114 valence electrons. The normalized spacial score (nSPS) is 37.1. The standard InChI is InChI=1S/C18H32N2/c1-16-7-5-6-10-18(16)20-13-11-19(12-14-20)15-17-8-3-2-4-9-17/h2-3,16-18H,4-15H2,1H3/t16-,17-,18+/m1/s1. The Morgan fingerprint density at radius 3 is 2.45 bits per heavy atom. The monoisotopic (exact) mass is 276 g/mol. The predicted molar refractivity (Wildman–Crippen MR) is 85.9 cm³/mol. The van der Waals surface area contributed by atoms with Gasteiger partial charge in [-0.05, 0) is 43.9 Å². The molecule has 3 atom stereocenters. The molecule has 0 amide bonds. The Kier molecular flexibility index (Phi) is 5.17. The van der Waals surface area contributed by atoms with E-state index in [1.54, 1.807) is 0 Å². The molecule has 1 saturated heterocycles. The van der Waals surface area contributed by atoms with Crippen LogP contribution in [0.3, 0.4) is 0 Å². The zero-order chi connectivity index (χ0) is 13.8. The summed E-state index contributed by atoms with van der Waals surface area (Å²) in [7, 11) is 0. The summed E-state index contributed by atoms with van der Waals surface area (Å²) in [5.41, 5.74) is 0. The Morgan fingerprint density at radius 2 is 1.75 bits per heavy atom. The first kappa shape index (κ1) is 14.6. The van der Waals surface area contributed by atoms with Crippen LogP contribution in [0.4, 0.5) is 0 Å². The lowest BCUT2D eigenvalue weighted by Gasteiger charge is -2.44. The fourth-order valence-corrected chi connectivity index (χ4v) is 4.50. The van der Waals surface area contributed by atoms with Gasteiger partial charge in [-0.1, -0.05) is 31.9 Å². The quantitative estimate of drug-likeness (QED) is 0.728. The Hall–Kier alpha value is -0.340. The molecular formula is C18H32N2. The van der Waals surface area contributed by atoms with Crippen LogP contribution >= 0.6 is 0 Å². The van der Waals surface area contributed by atoms with Gasteiger partial charge in [-0.25, -0.2) is 0 Å². The van der Waals surface area contributed by atoms with Crippen LogP contribution in [0.25, 0.3) is 0 Å². The highest BCUT2D eigenvalue weighted by Crippen LogP contribution is 2.29. The maximum atomic E-state index is 2.81. The largest absolute Gasteiger partial charge is 0.301 e. The van der Waals surface area contributed by atoms with E-state index in [2.05, 4.69) is 28.9 Å². The van der Waals surface area contributed by atoms with Gasteiger partial charge in [0.05, 0.1) is 0 Å². The van der Waals surface area contributed by atoms with Gasteiger partial charge in [-0.15, -0.1) is 0 Å². The van der Waals surface area contributed by atoms with Crippen molar-refractivity contribution in [2.24, 2.45) is 11.8 Å². The van der Waals surface area contributed by atoms with Gasteiger partial charge in [0.25, 0.3) is 0 Å². The van der Waals surface area contributed by atoms with Crippen LogP contribution in [0.5, 0.6) is 0 Å². The van der Waals surface area contributed by atoms with Crippen LogP contribution in [0.15, 0.2) is 12.2 Å². The van der Waals surface area contributed by atoms with E-state index in [-0.39, 0.29) is 0 Å². The minimum absolute atomic E-state index is 0.892. The second-order valence-corrected chi connectivity index (χ2v) is 7.32. The van der Waals surface area contributed by atoms with Gasteiger partial charge < -0.3 is 4.90 Å². The molecule has 2 heteroatoms. The number of hydrogen-bond donors (Lipinski definition) is 0. The minimum atomic E-state index is 0.892. The van der Waals surface area contributed by atoms with Gasteiger partial charge in [0.15, 0.2) is 0 Å². The number of piperazine rings is 1. The van der Waals surface area contributed by atoms with Crippen molar-refractivity contribution >= 4 is 0 Å². The van der Waals surface area contributed by atoms with Crippen molar-refractivity contribution in [2.45, 2.75) is 57.9 Å². The van der Waals surface area contributed by atoms with E-state index in [1.165, 1.54) is 77.7 Å². The maximum absolute atomic E-state index is 2.81. The van der Waals surface area contributed by atoms with Crippen LogP contribution < -0.4 is 0 Å². The van der Waals surface area contributed by atoms with E-state index >= 15 is 0 Å². The summed E-state index contributed by atoms with van der Waals surface area (Å²) < 4.78 is 0. The molecule has 0 bridgehead atoms. The molecule has 0 spiro atoms. The molecule has 0 N–H and O–H groups in total. The van der Waals surface area contributed by atoms with Crippen LogP contribution in [0, 0.1) is 11.8 Å². The molecule has 0 aromatic rings. The van der Waals surface area contributed by atoms with Gasteiger partial charge >= 0.3 is 0 Å². The third-order valence-corrected chi connectivity index (χ3v) is 5.84. The smallest absolute Gasteiger partial charge is 0.0122 e. The molecule has 0 radical (unpaired) electrons. The van der Waals surface area contributed by atoms with Crippen molar-refractivity contribution in [1.82, 2.24) is 9.80 Å². The fraction of sp³-hybridized carbons (Fsp3) is 0.889.